The van der Waals surface area contributed by atoms with Crippen LogP contribution in [0.25, 0.3) is 0 Å². The Morgan fingerprint density at radius 2 is 2.30 bits per heavy atom. The molecule has 0 saturated heterocycles. The van der Waals surface area contributed by atoms with Crippen LogP contribution in [0, 0.1) is 5.92 Å². The first kappa shape index (κ1) is 7.73. The summed E-state index contributed by atoms with van der Waals surface area (Å²) in [5.74, 6) is 0.0231. The van der Waals surface area contributed by atoms with Crippen LogP contribution in [0.3, 0.4) is 0 Å². The third-order valence-electron chi connectivity index (χ3n) is 2.42. The summed E-state index contributed by atoms with van der Waals surface area (Å²) < 4.78 is 0. The zero-order chi connectivity index (χ0) is 7.78. The molecule has 1 fully saturated rings. The van der Waals surface area contributed by atoms with E-state index in [0.29, 0.717) is 0 Å². The molecule has 1 aliphatic rings. The van der Waals surface area contributed by atoms with Crippen LogP contribution < -0.4 is 0 Å². The molecule has 0 radical (unpaired) electrons. The molecule has 1 aliphatic carbocycles. The molecule has 0 spiro atoms. The lowest BCUT2D eigenvalue weighted by Gasteiger charge is -2.22. The minimum Gasteiger partial charge on any atom is -0.389 e. The molecule has 58 valence electrons. The Hall–Kier alpha value is -0.370. The fourth-order valence-corrected chi connectivity index (χ4v) is 1.79. The molecule has 0 aromatic carbocycles. The van der Waals surface area contributed by atoms with E-state index in [0.717, 1.165) is 19.3 Å². The van der Waals surface area contributed by atoms with Crippen molar-refractivity contribution in [2.45, 2.75) is 38.7 Å². The first-order valence-electron chi connectivity index (χ1n) is 3.77. The van der Waals surface area contributed by atoms with Gasteiger partial charge in [0.2, 0.25) is 0 Å². The molecular formula is C8H14O2. The van der Waals surface area contributed by atoms with Crippen molar-refractivity contribution in [1.82, 2.24) is 0 Å². The Morgan fingerprint density at radius 1 is 1.70 bits per heavy atom. The standard InChI is InChI=1S/C8H14O2/c1-6(9)7-4-3-5-8(7,2)10/h7,10H,3-5H2,1-2H3. The number of carbonyl (C=O) groups excluding carboxylic acids is 1. The second-order valence-corrected chi connectivity index (χ2v) is 3.41. The SMILES string of the molecule is CC(=O)C1CCCC1(C)O. The predicted molar refractivity (Wildman–Crippen MR) is 38.6 cm³/mol. The fraction of sp³-hybridized carbons (Fsp3) is 0.875. The van der Waals surface area contributed by atoms with Crippen molar-refractivity contribution in [3.63, 3.8) is 0 Å². The predicted octanol–water partition coefficient (Wildman–Crippen LogP) is 1.13. The zero-order valence-electron chi connectivity index (χ0n) is 6.55. The number of hydrogen-bond acceptors (Lipinski definition) is 2. The van der Waals surface area contributed by atoms with Crippen LogP contribution in [0.15, 0.2) is 0 Å². The van der Waals surface area contributed by atoms with Crippen molar-refractivity contribution in [2.24, 2.45) is 5.92 Å². The van der Waals surface area contributed by atoms with E-state index in [1.54, 1.807) is 13.8 Å². The second-order valence-electron chi connectivity index (χ2n) is 3.41. The van der Waals surface area contributed by atoms with E-state index in [2.05, 4.69) is 0 Å². The van der Waals surface area contributed by atoms with Crippen LogP contribution in [-0.4, -0.2) is 16.5 Å². The van der Waals surface area contributed by atoms with Gasteiger partial charge < -0.3 is 5.11 Å². The molecule has 2 atom stereocenters. The Balaban J connectivity index is 2.68. The van der Waals surface area contributed by atoms with Gasteiger partial charge in [0, 0.05) is 5.92 Å². The molecule has 1 saturated carbocycles. The maximum atomic E-state index is 10.9. The molecule has 0 bridgehead atoms. The molecule has 2 heteroatoms. The van der Waals surface area contributed by atoms with Crippen LogP contribution in [0.2, 0.25) is 0 Å². The van der Waals surface area contributed by atoms with Crippen LogP contribution in [0.5, 0.6) is 0 Å². The molecular weight excluding hydrogens is 128 g/mol. The van der Waals surface area contributed by atoms with Gasteiger partial charge in [-0.05, 0) is 33.1 Å². The highest BCUT2D eigenvalue weighted by Gasteiger charge is 2.39. The van der Waals surface area contributed by atoms with Crippen molar-refractivity contribution in [2.75, 3.05) is 0 Å². The summed E-state index contributed by atoms with van der Waals surface area (Å²) in [4.78, 5) is 10.9. The minimum atomic E-state index is -0.716. The van der Waals surface area contributed by atoms with Crippen molar-refractivity contribution in [1.29, 1.82) is 0 Å². The smallest absolute Gasteiger partial charge is 0.135 e. The van der Waals surface area contributed by atoms with E-state index >= 15 is 0 Å². The van der Waals surface area contributed by atoms with Gasteiger partial charge in [-0.25, -0.2) is 0 Å². The number of carbonyl (C=O) groups is 1. The normalized spacial score (nSPS) is 40.1. The van der Waals surface area contributed by atoms with E-state index in [1.807, 2.05) is 0 Å². The van der Waals surface area contributed by atoms with Gasteiger partial charge in [0.25, 0.3) is 0 Å². The summed E-state index contributed by atoms with van der Waals surface area (Å²) in [6.07, 6.45) is 2.62. The molecule has 0 amide bonds. The van der Waals surface area contributed by atoms with Gasteiger partial charge in [-0.1, -0.05) is 0 Å². The van der Waals surface area contributed by atoms with Gasteiger partial charge >= 0.3 is 0 Å². The summed E-state index contributed by atoms with van der Waals surface area (Å²) in [5.41, 5.74) is -0.716. The monoisotopic (exact) mass is 142 g/mol. The van der Waals surface area contributed by atoms with E-state index in [9.17, 15) is 9.90 Å². The number of hydrogen-bond donors (Lipinski definition) is 1. The zero-order valence-corrected chi connectivity index (χ0v) is 6.55. The molecule has 0 aliphatic heterocycles. The van der Waals surface area contributed by atoms with Crippen LogP contribution >= 0.6 is 0 Å². The van der Waals surface area contributed by atoms with Crippen molar-refractivity contribution >= 4 is 5.78 Å². The van der Waals surface area contributed by atoms with Gasteiger partial charge in [-0.3, -0.25) is 4.79 Å². The van der Waals surface area contributed by atoms with E-state index in [4.69, 9.17) is 0 Å². The second kappa shape index (κ2) is 2.35. The first-order valence-corrected chi connectivity index (χ1v) is 3.77. The molecule has 2 nitrogen and oxygen atoms in total. The van der Waals surface area contributed by atoms with Crippen molar-refractivity contribution in [3.05, 3.63) is 0 Å². The lowest BCUT2D eigenvalue weighted by molar-refractivity contribution is -0.126. The van der Waals surface area contributed by atoms with Crippen molar-refractivity contribution in [3.8, 4) is 0 Å². The highest BCUT2D eigenvalue weighted by molar-refractivity contribution is 5.79. The van der Waals surface area contributed by atoms with Gasteiger partial charge in [-0.15, -0.1) is 0 Å². The Bertz CT molecular complexity index is 149. The van der Waals surface area contributed by atoms with Gasteiger partial charge in [0.15, 0.2) is 0 Å². The summed E-state index contributed by atoms with van der Waals surface area (Å²) >= 11 is 0. The summed E-state index contributed by atoms with van der Waals surface area (Å²) in [6, 6.07) is 0. The van der Waals surface area contributed by atoms with Crippen molar-refractivity contribution < 1.29 is 9.90 Å². The van der Waals surface area contributed by atoms with Gasteiger partial charge in [-0.2, -0.15) is 0 Å². The number of aliphatic hydroxyl groups is 1. The first-order chi connectivity index (χ1) is 4.54. The fourth-order valence-electron chi connectivity index (χ4n) is 1.79. The number of ketones is 1. The molecule has 0 heterocycles. The van der Waals surface area contributed by atoms with Gasteiger partial charge in [0.1, 0.15) is 5.78 Å². The maximum Gasteiger partial charge on any atom is 0.135 e. The lowest BCUT2D eigenvalue weighted by Crippen LogP contribution is -2.33. The molecule has 0 aromatic rings. The Morgan fingerprint density at radius 3 is 2.50 bits per heavy atom. The van der Waals surface area contributed by atoms with Crippen LogP contribution in [0.1, 0.15) is 33.1 Å². The van der Waals surface area contributed by atoms with E-state index in [1.165, 1.54) is 0 Å². The van der Waals surface area contributed by atoms with Crippen LogP contribution in [0.4, 0.5) is 0 Å². The third kappa shape index (κ3) is 1.21. The average Bonchev–Trinajstić information content (AvgIpc) is 2.08. The lowest BCUT2D eigenvalue weighted by atomic mass is 9.90. The Kier molecular flexibility index (Phi) is 1.82. The average molecular weight is 142 g/mol. The maximum absolute atomic E-state index is 10.9. The third-order valence-corrected chi connectivity index (χ3v) is 2.42. The minimum absolute atomic E-state index is 0.104. The highest BCUT2D eigenvalue weighted by Crippen LogP contribution is 2.35. The molecule has 1 N–H and O–H groups in total. The molecule has 10 heavy (non-hydrogen) atoms. The summed E-state index contributed by atoms with van der Waals surface area (Å²) in [7, 11) is 0. The summed E-state index contributed by atoms with van der Waals surface area (Å²) in [5, 5.41) is 9.60. The molecule has 1 rings (SSSR count). The van der Waals surface area contributed by atoms with Crippen LogP contribution in [-0.2, 0) is 4.79 Å². The largest absolute Gasteiger partial charge is 0.389 e. The quantitative estimate of drug-likeness (QED) is 0.595. The number of Topliss-reactive ketones (excluding diaryl/α,β-unsaturated/α-hetero) is 1. The van der Waals surface area contributed by atoms with E-state index < -0.39 is 5.60 Å². The highest BCUT2D eigenvalue weighted by atomic mass is 16.3. The number of rotatable bonds is 1. The molecule has 2 unspecified atom stereocenters. The topological polar surface area (TPSA) is 37.3 Å². The van der Waals surface area contributed by atoms with Gasteiger partial charge in [0.05, 0.1) is 5.60 Å². The molecule has 0 aromatic heterocycles. The van der Waals surface area contributed by atoms with E-state index in [-0.39, 0.29) is 11.7 Å². The Labute approximate surface area is 61.2 Å². The summed E-state index contributed by atoms with van der Waals surface area (Å²) in [6.45, 7) is 3.32.